The Bertz CT molecular complexity index is 1440. The molecule has 0 saturated carbocycles. The number of sulfonamides is 1. The lowest BCUT2D eigenvalue weighted by Crippen LogP contribution is -2.41. The average molecular weight is 575 g/mol. The van der Waals surface area contributed by atoms with E-state index in [1.165, 1.54) is 17.2 Å². The molecule has 0 bridgehead atoms. The molecule has 4 rings (SSSR count). The second-order valence-corrected chi connectivity index (χ2v) is 10.9. The van der Waals surface area contributed by atoms with E-state index in [2.05, 4.69) is 9.88 Å². The topological polar surface area (TPSA) is 206 Å². The maximum absolute atomic E-state index is 12.8. The fourth-order valence-electron chi connectivity index (χ4n) is 3.31. The van der Waals surface area contributed by atoms with E-state index in [9.17, 15) is 26.4 Å². The Balaban J connectivity index is 0.000000505. The lowest BCUT2D eigenvalue weighted by atomic mass is 10.1. The summed E-state index contributed by atoms with van der Waals surface area (Å²) in [5.74, 6) is -3.18. The number of carbonyl (C=O) groups excluding carboxylic acids is 1. The van der Waals surface area contributed by atoms with Gasteiger partial charge in [0.1, 0.15) is 28.0 Å². The number of carboxylic acid groups (broad SMARTS) is 1. The van der Waals surface area contributed by atoms with E-state index in [1.54, 1.807) is 30.3 Å². The number of amides is 1. The van der Waals surface area contributed by atoms with E-state index in [4.69, 9.17) is 31.3 Å². The molecule has 1 aliphatic heterocycles. The molecule has 3 heterocycles. The minimum Gasteiger partial charge on any atom is -0.475 e. The van der Waals surface area contributed by atoms with Crippen LogP contribution in [0.25, 0.3) is 10.6 Å². The highest BCUT2D eigenvalue weighted by Crippen LogP contribution is 2.30. The number of aromatic nitrogens is 1. The number of aliphatic carboxylic acids is 1. The van der Waals surface area contributed by atoms with Crippen LogP contribution in [0, 0.1) is 5.41 Å². The predicted molar refractivity (Wildman–Crippen MR) is 130 cm³/mol. The summed E-state index contributed by atoms with van der Waals surface area (Å²) in [5, 5.41) is 18.5. The molecule has 0 radical (unpaired) electrons. The first kappa shape index (κ1) is 28.6. The van der Waals surface area contributed by atoms with Crippen molar-refractivity contribution in [3.8, 4) is 10.6 Å². The molecule has 0 unspecified atom stereocenters. The summed E-state index contributed by atoms with van der Waals surface area (Å²) in [7, 11) is -3.88. The number of carboxylic acids is 1. The van der Waals surface area contributed by atoms with E-state index >= 15 is 0 Å². The van der Waals surface area contributed by atoms with Gasteiger partial charge in [-0.1, -0.05) is 5.16 Å². The van der Waals surface area contributed by atoms with Crippen molar-refractivity contribution in [1.82, 2.24) is 14.8 Å². The summed E-state index contributed by atoms with van der Waals surface area (Å²) < 4.78 is 64.7. The Morgan fingerprint density at radius 3 is 2.55 bits per heavy atom. The number of hydrogen-bond acceptors (Lipinski definition) is 9. The number of nitrogen functional groups attached to an aromatic ring is 2. The van der Waals surface area contributed by atoms with E-state index in [0.29, 0.717) is 40.4 Å². The quantitative estimate of drug-likeness (QED) is 0.159. The third-order valence-corrected chi connectivity index (χ3v) is 8.26. The van der Waals surface area contributed by atoms with Gasteiger partial charge in [-0.15, -0.1) is 11.3 Å². The van der Waals surface area contributed by atoms with E-state index < -0.39 is 28.2 Å². The van der Waals surface area contributed by atoms with Gasteiger partial charge in [-0.3, -0.25) is 10.2 Å². The van der Waals surface area contributed by atoms with E-state index in [1.807, 2.05) is 0 Å². The first-order valence-electron chi connectivity index (χ1n) is 10.5. The maximum atomic E-state index is 12.8. The van der Waals surface area contributed by atoms with Crippen LogP contribution in [-0.4, -0.2) is 60.1 Å². The fourth-order valence-corrected chi connectivity index (χ4v) is 5.82. The molecule has 17 heteroatoms. The fraction of sp³-hybridized carbons (Fsp3) is 0.238. The number of likely N-dealkylation sites (tertiary alicyclic amines) is 1. The second kappa shape index (κ2) is 11.2. The van der Waals surface area contributed by atoms with Crippen LogP contribution in [0.5, 0.6) is 0 Å². The van der Waals surface area contributed by atoms with E-state index in [0.717, 1.165) is 11.3 Å². The van der Waals surface area contributed by atoms with Crippen molar-refractivity contribution in [2.24, 2.45) is 5.73 Å². The number of thiophene rings is 1. The molecule has 1 amide bonds. The third kappa shape index (κ3) is 6.87. The van der Waals surface area contributed by atoms with Crippen LogP contribution >= 0.6 is 11.3 Å². The first-order valence-corrected chi connectivity index (χ1v) is 12.8. The summed E-state index contributed by atoms with van der Waals surface area (Å²) in [5.41, 5.74) is 13.7. The normalized spacial score (nSPS) is 15.7. The molecule has 1 atom stereocenters. The van der Waals surface area contributed by atoms with Gasteiger partial charge in [-0.2, -0.15) is 17.9 Å². The molecule has 7 N–H and O–H groups in total. The molecular formula is C21H21F3N6O6S2. The van der Waals surface area contributed by atoms with Crippen LogP contribution in [0.15, 0.2) is 51.4 Å². The number of amidine groups is 1. The highest BCUT2D eigenvalue weighted by atomic mass is 32.2. The van der Waals surface area contributed by atoms with Gasteiger partial charge in [-0.05, 0) is 42.3 Å². The van der Waals surface area contributed by atoms with Gasteiger partial charge in [0.05, 0.1) is 4.88 Å². The number of nitrogens with two attached hydrogens (primary N) is 2. The Labute approximate surface area is 217 Å². The number of rotatable bonds is 7. The summed E-state index contributed by atoms with van der Waals surface area (Å²) >= 11 is 1.05. The van der Waals surface area contributed by atoms with Crippen LogP contribution in [0.1, 0.15) is 17.5 Å². The molecular weight excluding hydrogens is 553 g/mol. The second-order valence-electron chi connectivity index (χ2n) is 7.86. The van der Waals surface area contributed by atoms with Gasteiger partial charge in [0, 0.05) is 30.4 Å². The number of nitrogens with zero attached hydrogens (tertiary/aromatic N) is 2. The van der Waals surface area contributed by atoms with Crippen molar-refractivity contribution < 1.29 is 40.8 Å². The molecule has 204 valence electrons. The van der Waals surface area contributed by atoms with Crippen LogP contribution < -0.4 is 16.2 Å². The van der Waals surface area contributed by atoms with Gasteiger partial charge < -0.3 is 26.0 Å². The summed E-state index contributed by atoms with van der Waals surface area (Å²) in [6.07, 6.45) is -3.34. The van der Waals surface area contributed by atoms with E-state index in [-0.39, 0.29) is 22.5 Å². The molecule has 3 aromatic rings. The molecule has 1 aromatic carbocycles. The summed E-state index contributed by atoms with van der Waals surface area (Å²) in [4.78, 5) is 23.9. The largest absolute Gasteiger partial charge is 0.490 e. The smallest absolute Gasteiger partial charge is 0.475 e. The predicted octanol–water partition coefficient (Wildman–Crippen LogP) is 1.98. The summed E-state index contributed by atoms with van der Waals surface area (Å²) in [6.45, 7) is 0.587. The molecule has 12 nitrogen and oxygen atoms in total. The van der Waals surface area contributed by atoms with Crippen molar-refractivity contribution in [2.45, 2.75) is 29.4 Å². The van der Waals surface area contributed by atoms with Gasteiger partial charge >= 0.3 is 12.1 Å². The monoisotopic (exact) mass is 574 g/mol. The van der Waals surface area contributed by atoms with Crippen LogP contribution in [0.2, 0.25) is 0 Å². The number of halogens is 3. The number of nitrogens with one attached hydrogen (secondary N) is 2. The molecule has 1 fully saturated rings. The maximum Gasteiger partial charge on any atom is 0.490 e. The Kier molecular flexibility index (Phi) is 8.43. The molecule has 38 heavy (non-hydrogen) atoms. The highest BCUT2D eigenvalue weighted by molar-refractivity contribution is 7.91. The van der Waals surface area contributed by atoms with Crippen molar-refractivity contribution in [2.75, 3.05) is 12.3 Å². The number of hydrogen-bond donors (Lipinski definition) is 5. The van der Waals surface area contributed by atoms with Crippen molar-refractivity contribution >= 4 is 44.8 Å². The first-order chi connectivity index (χ1) is 17.7. The zero-order valence-electron chi connectivity index (χ0n) is 19.2. The van der Waals surface area contributed by atoms with Gasteiger partial charge in [-0.25, -0.2) is 13.2 Å². The molecule has 1 aliphatic rings. The van der Waals surface area contributed by atoms with Gasteiger partial charge in [0.25, 0.3) is 10.0 Å². The lowest BCUT2D eigenvalue weighted by Gasteiger charge is -2.19. The Morgan fingerprint density at radius 1 is 1.29 bits per heavy atom. The Hall–Kier alpha value is -3.96. The number of alkyl halides is 3. The standard InChI is InChI=1S/C19H20N6O4S2.C2HF3O2/c20-13-2-1-11(18(21)22)9-12(13)10-25-7-5-15(19(25)26)24-31(27,28)17-4-3-16(30-17)14-6-8-29-23-14;3-2(4,5)1(6)7/h1-4,6,8-9,15,24H,5,7,10,20H2,(H3,21,22);(H,6,7)/t15-;/m0./s1. The molecule has 0 spiro atoms. The SMILES string of the molecule is N=C(N)c1ccc(N)c(CN2CC[C@H](NS(=O)(=O)c3ccc(-c4ccon4)s3)C2=O)c1.O=C(O)C(F)(F)F. The summed E-state index contributed by atoms with van der Waals surface area (Å²) in [6, 6.07) is 8.83. The molecule has 1 saturated heterocycles. The van der Waals surface area contributed by atoms with Crippen molar-refractivity contribution in [1.29, 1.82) is 5.41 Å². The minimum absolute atomic E-state index is 0.0927. The number of anilines is 1. The average Bonchev–Trinajstić information content (AvgIpc) is 3.58. The molecule has 0 aliphatic carbocycles. The van der Waals surface area contributed by atoms with Gasteiger partial charge in [0.15, 0.2) is 0 Å². The van der Waals surface area contributed by atoms with Crippen LogP contribution in [0.4, 0.5) is 18.9 Å². The zero-order chi connectivity index (χ0) is 28.3. The van der Waals surface area contributed by atoms with Crippen LogP contribution in [-0.2, 0) is 26.2 Å². The van der Waals surface area contributed by atoms with Gasteiger partial charge in [0.2, 0.25) is 5.91 Å². The lowest BCUT2D eigenvalue weighted by molar-refractivity contribution is -0.192. The molecule has 2 aromatic heterocycles. The Morgan fingerprint density at radius 2 is 1.97 bits per heavy atom. The number of carbonyl (C=O) groups is 2. The highest BCUT2D eigenvalue weighted by Gasteiger charge is 2.38. The van der Waals surface area contributed by atoms with Crippen molar-refractivity contribution in [3.63, 3.8) is 0 Å². The number of benzene rings is 1. The zero-order valence-corrected chi connectivity index (χ0v) is 20.9. The minimum atomic E-state index is -5.08. The van der Waals surface area contributed by atoms with Crippen molar-refractivity contribution in [3.05, 3.63) is 53.8 Å². The van der Waals surface area contributed by atoms with Crippen LogP contribution in [0.3, 0.4) is 0 Å². The third-order valence-electron chi connectivity index (χ3n) is 5.19.